The summed E-state index contributed by atoms with van der Waals surface area (Å²) in [5.74, 6) is -0.414. The van der Waals surface area contributed by atoms with Gasteiger partial charge >= 0.3 is 6.18 Å². The van der Waals surface area contributed by atoms with Crippen LogP contribution in [-0.4, -0.2) is 15.9 Å². The Kier molecular flexibility index (Phi) is 5.58. The van der Waals surface area contributed by atoms with E-state index in [0.717, 1.165) is 11.6 Å². The molecule has 0 saturated heterocycles. The molecule has 1 unspecified atom stereocenters. The summed E-state index contributed by atoms with van der Waals surface area (Å²) in [5.41, 5.74) is -0.147. The third-order valence-electron chi connectivity index (χ3n) is 4.04. The topological polar surface area (TPSA) is 66.9 Å². The standard InChI is InChI=1S/C20H17F3N4O/c1-13(14-7-3-2-4-8-14)26-19-24-11-15(12-25-19)18(28)27-17-10-6-5-9-16(17)20(21,22)23/h2-13H,1H3,(H,27,28)(H,24,25,26). The Morgan fingerprint density at radius 3 is 2.21 bits per heavy atom. The molecule has 1 heterocycles. The summed E-state index contributed by atoms with van der Waals surface area (Å²) >= 11 is 0. The average molecular weight is 386 g/mol. The second-order valence-electron chi connectivity index (χ2n) is 6.07. The van der Waals surface area contributed by atoms with E-state index < -0.39 is 17.6 Å². The summed E-state index contributed by atoms with van der Waals surface area (Å²) in [6, 6.07) is 14.4. The van der Waals surface area contributed by atoms with Crippen LogP contribution in [0.4, 0.5) is 24.8 Å². The van der Waals surface area contributed by atoms with E-state index in [0.29, 0.717) is 5.95 Å². The van der Waals surface area contributed by atoms with Crippen molar-refractivity contribution in [3.8, 4) is 0 Å². The zero-order chi connectivity index (χ0) is 20.1. The lowest BCUT2D eigenvalue weighted by Crippen LogP contribution is -2.17. The molecular weight excluding hydrogens is 369 g/mol. The van der Waals surface area contributed by atoms with Crippen LogP contribution < -0.4 is 10.6 Å². The van der Waals surface area contributed by atoms with E-state index in [1.54, 1.807) is 0 Å². The average Bonchev–Trinajstić information content (AvgIpc) is 2.69. The predicted molar refractivity (Wildman–Crippen MR) is 99.9 cm³/mol. The zero-order valence-corrected chi connectivity index (χ0v) is 14.9. The van der Waals surface area contributed by atoms with Gasteiger partial charge in [0.1, 0.15) is 0 Å². The zero-order valence-electron chi connectivity index (χ0n) is 14.9. The number of hydrogen-bond donors (Lipinski definition) is 2. The molecule has 2 N–H and O–H groups in total. The molecule has 3 rings (SSSR count). The molecule has 1 atom stereocenters. The summed E-state index contributed by atoms with van der Waals surface area (Å²) < 4.78 is 39.1. The minimum absolute atomic E-state index is 0.0508. The van der Waals surface area contributed by atoms with Crippen LogP contribution in [0.25, 0.3) is 0 Å². The van der Waals surface area contributed by atoms with Gasteiger partial charge in [0, 0.05) is 12.4 Å². The van der Waals surface area contributed by atoms with Crippen LogP contribution in [0.5, 0.6) is 0 Å². The van der Waals surface area contributed by atoms with E-state index in [1.165, 1.54) is 30.6 Å². The molecule has 0 aliphatic carbocycles. The quantitative estimate of drug-likeness (QED) is 0.653. The van der Waals surface area contributed by atoms with Crippen molar-refractivity contribution in [1.29, 1.82) is 0 Å². The number of rotatable bonds is 5. The van der Waals surface area contributed by atoms with Crippen LogP contribution >= 0.6 is 0 Å². The molecular formula is C20H17F3N4O. The summed E-state index contributed by atoms with van der Waals surface area (Å²) in [5, 5.41) is 5.36. The van der Waals surface area contributed by atoms with Crippen molar-refractivity contribution in [2.45, 2.75) is 19.1 Å². The van der Waals surface area contributed by atoms with Gasteiger partial charge in [-0.15, -0.1) is 0 Å². The highest BCUT2D eigenvalue weighted by Gasteiger charge is 2.33. The molecule has 0 bridgehead atoms. The van der Waals surface area contributed by atoms with E-state index in [9.17, 15) is 18.0 Å². The maximum atomic E-state index is 13.0. The Balaban J connectivity index is 1.69. The van der Waals surface area contributed by atoms with E-state index in [4.69, 9.17) is 0 Å². The molecule has 5 nitrogen and oxygen atoms in total. The molecule has 1 aromatic heterocycles. The first-order valence-electron chi connectivity index (χ1n) is 8.45. The second-order valence-corrected chi connectivity index (χ2v) is 6.07. The van der Waals surface area contributed by atoms with E-state index in [1.807, 2.05) is 37.3 Å². The van der Waals surface area contributed by atoms with Crippen molar-refractivity contribution in [2.24, 2.45) is 0 Å². The SMILES string of the molecule is CC(Nc1ncc(C(=O)Nc2ccccc2C(F)(F)F)cn1)c1ccccc1. The van der Waals surface area contributed by atoms with Gasteiger partial charge in [-0.05, 0) is 24.6 Å². The third-order valence-corrected chi connectivity index (χ3v) is 4.04. The normalized spacial score (nSPS) is 12.3. The van der Waals surface area contributed by atoms with Crippen LogP contribution in [0, 0.1) is 0 Å². The molecule has 0 saturated carbocycles. The highest BCUT2D eigenvalue weighted by Crippen LogP contribution is 2.34. The Bertz CT molecular complexity index is 944. The lowest BCUT2D eigenvalue weighted by molar-refractivity contribution is -0.136. The second kappa shape index (κ2) is 8.08. The molecule has 0 fully saturated rings. The number of aromatic nitrogens is 2. The number of anilines is 2. The van der Waals surface area contributed by atoms with Crippen molar-refractivity contribution < 1.29 is 18.0 Å². The van der Waals surface area contributed by atoms with Crippen molar-refractivity contribution in [2.75, 3.05) is 10.6 Å². The number of carbonyl (C=O) groups excluding carboxylic acids is 1. The van der Waals surface area contributed by atoms with Crippen LogP contribution in [0.1, 0.15) is 34.5 Å². The maximum Gasteiger partial charge on any atom is 0.418 e. The Morgan fingerprint density at radius 1 is 0.964 bits per heavy atom. The van der Waals surface area contributed by atoms with Gasteiger partial charge in [-0.1, -0.05) is 42.5 Å². The molecule has 28 heavy (non-hydrogen) atoms. The third kappa shape index (κ3) is 4.64. The van der Waals surface area contributed by atoms with Gasteiger partial charge in [0.15, 0.2) is 0 Å². The van der Waals surface area contributed by atoms with Crippen LogP contribution in [0.2, 0.25) is 0 Å². The Morgan fingerprint density at radius 2 is 1.57 bits per heavy atom. The number of nitrogens with zero attached hydrogens (tertiary/aromatic N) is 2. The van der Waals surface area contributed by atoms with Crippen molar-refractivity contribution in [3.63, 3.8) is 0 Å². The van der Waals surface area contributed by atoms with Gasteiger partial charge in [0.05, 0.1) is 22.9 Å². The van der Waals surface area contributed by atoms with Gasteiger partial charge in [-0.3, -0.25) is 4.79 Å². The first-order valence-corrected chi connectivity index (χ1v) is 8.45. The first kappa shape index (κ1) is 19.3. The molecule has 1 amide bonds. The minimum atomic E-state index is -4.57. The van der Waals surface area contributed by atoms with Crippen molar-refractivity contribution >= 4 is 17.5 Å². The van der Waals surface area contributed by atoms with Gasteiger partial charge in [0.25, 0.3) is 5.91 Å². The number of benzene rings is 2. The van der Waals surface area contributed by atoms with E-state index in [-0.39, 0.29) is 17.3 Å². The largest absolute Gasteiger partial charge is 0.418 e. The lowest BCUT2D eigenvalue weighted by Gasteiger charge is -2.15. The fraction of sp³-hybridized carbons (Fsp3) is 0.150. The Hall–Kier alpha value is -3.42. The van der Waals surface area contributed by atoms with Gasteiger partial charge < -0.3 is 10.6 Å². The molecule has 2 aromatic carbocycles. The molecule has 0 spiro atoms. The summed E-state index contributed by atoms with van der Waals surface area (Å²) in [7, 11) is 0. The van der Waals surface area contributed by atoms with Crippen LogP contribution in [0.15, 0.2) is 67.0 Å². The number of hydrogen-bond acceptors (Lipinski definition) is 4. The summed E-state index contributed by atoms with van der Waals surface area (Å²) in [4.78, 5) is 20.4. The molecule has 3 aromatic rings. The molecule has 144 valence electrons. The van der Waals surface area contributed by atoms with Crippen LogP contribution in [0.3, 0.4) is 0 Å². The minimum Gasteiger partial charge on any atom is -0.348 e. The first-order chi connectivity index (χ1) is 13.3. The predicted octanol–water partition coefficient (Wildman–Crippen LogP) is 4.92. The molecule has 8 heteroatoms. The monoisotopic (exact) mass is 386 g/mol. The number of carbonyl (C=O) groups is 1. The van der Waals surface area contributed by atoms with E-state index in [2.05, 4.69) is 20.6 Å². The lowest BCUT2D eigenvalue weighted by atomic mass is 10.1. The molecule has 0 radical (unpaired) electrons. The van der Waals surface area contributed by atoms with Gasteiger partial charge in [0.2, 0.25) is 5.95 Å². The highest BCUT2D eigenvalue weighted by molar-refractivity contribution is 6.04. The number of alkyl halides is 3. The van der Waals surface area contributed by atoms with Gasteiger partial charge in [-0.2, -0.15) is 13.2 Å². The maximum absolute atomic E-state index is 13.0. The van der Waals surface area contributed by atoms with Crippen LogP contribution in [-0.2, 0) is 6.18 Å². The fourth-order valence-electron chi connectivity index (χ4n) is 2.57. The van der Waals surface area contributed by atoms with E-state index >= 15 is 0 Å². The van der Waals surface area contributed by atoms with Crippen molar-refractivity contribution in [1.82, 2.24) is 9.97 Å². The van der Waals surface area contributed by atoms with Gasteiger partial charge in [-0.25, -0.2) is 9.97 Å². The highest BCUT2D eigenvalue weighted by atomic mass is 19.4. The summed E-state index contributed by atoms with van der Waals surface area (Å²) in [6.45, 7) is 1.94. The number of halogens is 3. The Labute approximate surface area is 159 Å². The molecule has 0 aliphatic heterocycles. The number of nitrogens with one attached hydrogen (secondary N) is 2. The summed E-state index contributed by atoms with van der Waals surface area (Å²) in [6.07, 6.45) is -2.04. The fourth-order valence-corrected chi connectivity index (χ4v) is 2.57. The van der Waals surface area contributed by atoms with Crippen molar-refractivity contribution in [3.05, 3.63) is 83.7 Å². The molecule has 0 aliphatic rings. The smallest absolute Gasteiger partial charge is 0.348 e. The number of amides is 1. The number of para-hydroxylation sites is 1.